The van der Waals surface area contributed by atoms with Gasteiger partial charge in [0.05, 0.1) is 10.0 Å². The van der Waals surface area contributed by atoms with Crippen molar-refractivity contribution in [3.05, 3.63) is 33.8 Å². The Labute approximate surface area is 125 Å². The minimum Gasteiger partial charge on any atom is -0.316 e. The third-order valence-corrected chi connectivity index (χ3v) is 5.75. The third kappa shape index (κ3) is 2.79. The van der Waals surface area contributed by atoms with Gasteiger partial charge in [0.1, 0.15) is 0 Å². The van der Waals surface area contributed by atoms with E-state index in [1.165, 1.54) is 37.7 Å². The van der Waals surface area contributed by atoms with Crippen LogP contribution >= 0.6 is 23.2 Å². The van der Waals surface area contributed by atoms with Gasteiger partial charge in [0.2, 0.25) is 0 Å². The van der Waals surface area contributed by atoms with Crippen molar-refractivity contribution in [1.82, 2.24) is 5.32 Å². The lowest BCUT2D eigenvalue weighted by Crippen LogP contribution is -2.38. The van der Waals surface area contributed by atoms with Gasteiger partial charge < -0.3 is 5.32 Å². The molecule has 2 aliphatic rings. The highest BCUT2D eigenvalue weighted by atomic mass is 35.5. The van der Waals surface area contributed by atoms with Crippen LogP contribution in [-0.4, -0.2) is 13.1 Å². The Kier molecular flexibility index (Phi) is 4.36. The van der Waals surface area contributed by atoms with Crippen LogP contribution in [0.5, 0.6) is 0 Å². The summed E-state index contributed by atoms with van der Waals surface area (Å²) < 4.78 is 0. The van der Waals surface area contributed by atoms with Crippen molar-refractivity contribution in [1.29, 1.82) is 0 Å². The van der Waals surface area contributed by atoms with Crippen LogP contribution in [-0.2, 0) is 0 Å². The average molecular weight is 298 g/mol. The number of halogens is 2. The van der Waals surface area contributed by atoms with Crippen molar-refractivity contribution in [3.8, 4) is 0 Å². The third-order valence-electron chi connectivity index (χ3n) is 4.92. The van der Waals surface area contributed by atoms with E-state index in [0.29, 0.717) is 10.9 Å². The molecule has 0 aromatic heterocycles. The Balaban J connectivity index is 1.89. The summed E-state index contributed by atoms with van der Waals surface area (Å²) in [7, 11) is 0. The highest BCUT2D eigenvalue weighted by molar-refractivity contribution is 6.42. The zero-order valence-electron chi connectivity index (χ0n) is 11.2. The van der Waals surface area contributed by atoms with Gasteiger partial charge in [-0.3, -0.25) is 0 Å². The van der Waals surface area contributed by atoms with Gasteiger partial charge in [-0.1, -0.05) is 61.0 Å². The number of rotatable bonds is 2. The molecule has 1 aliphatic heterocycles. The van der Waals surface area contributed by atoms with Gasteiger partial charge in [-0.05, 0) is 48.9 Å². The molecule has 3 rings (SSSR count). The highest BCUT2D eigenvalue weighted by Gasteiger charge is 2.35. The lowest BCUT2D eigenvalue weighted by Gasteiger charge is -2.37. The number of nitrogens with one attached hydrogen (secondary N) is 1. The van der Waals surface area contributed by atoms with Crippen molar-refractivity contribution in [2.75, 3.05) is 13.1 Å². The van der Waals surface area contributed by atoms with Gasteiger partial charge in [-0.15, -0.1) is 0 Å². The quantitative estimate of drug-likeness (QED) is 0.820. The molecule has 2 atom stereocenters. The molecule has 104 valence electrons. The molecule has 2 unspecified atom stereocenters. The molecule has 0 amide bonds. The molecule has 3 heteroatoms. The maximum Gasteiger partial charge on any atom is 0.0627 e. The van der Waals surface area contributed by atoms with Crippen LogP contribution < -0.4 is 5.32 Å². The summed E-state index contributed by atoms with van der Waals surface area (Å²) in [5.41, 5.74) is 1.27. The van der Waals surface area contributed by atoms with E-state index in [9.17, 15) is 0 Å². The van der Waals surface area contributed by atoms with Crippen LogP contribution in [0, 0.1) is 11.8 Å². The van der Waals surface area contributed by atoms with Gasteiger partial charge >= 0.3 is 0 Å². The van der Waals surface area contributed by atoms with E-state index in [-0.39, 0.29) is 0 Å². The molecule has 1 aliphatic carbocycles. The lowest BCUT2D eigenvalue weighted by molar-refractivity contribution is 0.231. The lowest BCUT2D eigenvalue weighted by atomic mass is 9.73. The zero-order chi connectivity index (χ0) is 13.2. The average Bonchev–Trinajstić information content (AvgIpc) is 2.96. The van der Waals surface area contributed by atoms with E-state index in [1.807, 2.05) is 12.1 Å². The van der Waals surface area contributed by atoms with Crippen LogP contribution in [0.1, 0.15) is 43.6 Å². The van der Waals surface area contributed by atoms with Crippen molar-refractivity contribution in [2.45, 2.75) is 38.0 Å². The normalized spacial score (nSPS) is 28.7. The zero-order valence-corrected chi connectivity index (χ0v) is 12.7. The number of piperidine rings is 1. The van der Waals surface area contributed by atoms with Crippen molar-refractivity contribution in [2.24, 2.45) is 11.8 Å². The Morgan fingerprint density at radius 3 is 2.63 bits per heavy atom. The standard InChI is InChI=1S/C16H21Cl2N/c17-15-7-3-6-13(16(15)18)12-8-9-19-10-14(12)11-4-1-2-5-11/h3,6-7,11-12,14,19H,1-2,4-5,8-10H2. The SMILES string of the molecule is Clc1cccc(C2CCNCC2C2CCCC2)c1Cl. The molecular formula is C16H21Cl2N. The fourth-order valence-electron chi connectivity index (χ4n) is 3.96. The second kappa shape index (κ2) is 6.03. The molecule has 1 heterocycles. The van der Waals surface area contributed by atoms with E-state index in [4.69, 9.17) is 23.2 Å². The van der Waals surface area contributed by atoms with Gasteiger partial charge in [-0.25, -0.2) is 0 Å². The van der Waals surface area contributed by atoms with E-state index in [2.05, 4.69) is 11.4 Å². The number of benzene rings is 1. The van der Waals surface area contributed by atoms with Gasteiger partial charge in [0.25, 0.3) is 0 Å². The summed E-state index contributed by atoms with van der Waals surface area (Å²) >= 11 is 12.6. The van der Waals surface area contributed by atoms with Crippen LogP contribution in [0.15, 0.2) is 18.2 Å². The fraction of sp³-hybridized carbons (Fsp3) is 0.625. The summed E-state index contributed by atoms with van der Waals surface area (Å²) in [5.74, 6) is 2.18. The summed E-state index contributed by atoms with van der Waals surface area (Å²) in [6.45, 7) is 2.23. The Hall–Kier alpha value is -0.240. The first-order valence-electron chi connectivity index (χ1n) is 7.42. The Morgan fingerprint density at radius 1 is 1.05 bits per heavy atom. The molecule has 0 radical (unpaired) electrons. The van der Waals surface area contributed by atoms with Gasteiger partial charge in [0, 0.05) is 0 Å². The van der Waals surface area contributed by atoms with Crippen molar-refractivity contribution < 1.29 is 0 Å². The van der Waals surface area contributed by atoms with Crippen molar-refractivity contribution in [3.63, 3.8) is 0 Å². The van der Waals surface area contributed by atoms with Crippen LogP contribution in [0.25, 0.3) is 0 Å². The van der Waals surface area contributed by atoms with Crippen LogP contribution in [0.4, 0.5) is 0 Å². The van der Waals surface area contributed by atoms with E-state index in [1.54, 1.807) is 0 Å². The summed E-state index contributed by atoms with van der Waals surface area (Å²) in [5, 5.41) is 5.04. The Morgan fingerprint density at radius 2 is 1.84 bits per heavy atom. The molecule has 19 heavy (non-hydrogen) atoms. The monoisotopic (exact) mass is 297 g/mol. The molecule has 1 saturated carbocycles. The second-order valence-electron chi connectivity index (χ2n) is 5.95. The first kappa shape index (κ1) is 13.7. The molecule has 0 bridgehead atoms. The molecule has 2 fully saturated rings. The summed E-state index contributed by atoms with van der Waals surface area (Å²) in [6, 6.07) is 6.10. The van der Waals surface area contributed by atoms with E-state index in [0.717, 1.165) is 29.9 Å². The number of hydrogen-bond donors (Lipinski definition) is 1. The molecule has 1 saturated heterocycles. The topological polar surface area (TPSA) is 12.0 Å². The summed E-state index contributed by atoms with van der Waals surface area (Å²) in [6.07, 6.45) is 6.76. The molecular weight excluding hydrogens is 277 g/mol. The van der Waals surface area contributed by atoms with Crippen molar-refractivity contribution >= 4 is 23.2 Å². The smallest absolute Gasteiger partial charge is 0.0627 e. The fourth-order valence-corrected chi connectivity index (χ4v) is 4.40. The van der Waals surface area contributed by atoms with Crippen LogP contribution in [0.2, 0.25) is 10.0 Å². The molecule has 1 nitrogen and oxygen atoms in total. The maximum absolute atomic E-state index is 6.45. The predicted octanol–water partition coefficient (Wildman–Crippen LogP) is 4.88. The number of hydrogen-bond acceptors (Lipinski definition) is 1. The first-order valence-corrected chi connectivity index (χ1v) is 8.17. The largest absolute Gasteiger partial charge is 0.316 e. The van der Waals surface area contributed by atoms with E-state index < -0.39 is 0 Å². The Bertz CT molecular complexity index is 440. The predicted molar refractivity (Wildman–Crippen MR) is 82.1 cm³/mol. The molecule has 1 aromatic rings. The summed E-state index contributed by atoms with van der Waals surface area (Å²) in [4.78, 5) is 0. The minimum atomic E-state index is 0.579. The first-order chi connectivity index (χ1) is 9.27. The minimum absolute atomic E-state index is 0.579. The molecule has 1 aromatic carbocycles. The van der Waals surface area contributed by atoms with E-state index >= 15 is 0 Å². The molecule has 0 spiro atoms. The van der Waals surface area contributed by atoms with Gasteiger partial charge in [-0.2, -0.15) is 0 Å². The van der Waals surface area contributed by atoms with Crippen LogP contribution in [0.3, 0.4) is 0 Å². The second-order valence-corrected chi connectivity index (χ2v) is 6.74. The molecule has 1 N–H and O–H groups in total. The van der Waals surface area contributed by atoms with Gasteiger partial charge in [0.15, 0.2) is 0 Å². The highest BCUT2D eigenvalue weighted by Crippen LogP contribution is 2.44. The maximum atomic E-state index is 6.45.